The highest BCUT2D eigenvalue weighted by Gasteiger charge is 2.33. The molecule has 0 saturated heterocycles. The summed E-state index contributed by atoms with van der Waals surface area (Å²) in [5.41, 5.74) is -0.815. The van der Waals surface area contributed by atoms with Crippen molar-refractivity contribution < 1.29 is 26.7 Å². The smallest absolute Gasteiger partial charge is 0.416 e. The fraction of sp³-hybridized carbons (Fsp3) is 0.200. The number of hydrogen-bond acceptors (Lipinski definition) is 1. The van der Waals surface area contributed by atoms with E-state index in [4.69, 9.17) is 4.74 Å². The molecule has 0 N–H and O–H groups in total. The number of alkyl halides is 4. The molecule has 2 aromatic carbocycles. The van der Waals surface area contributed by atoms with Gasteiger partial charge in [-0.1, -0.05) is 22.0 Å². The highest BCUT2D eigenvalue weighted by molar-refractivity contribution is 9.08. The van der Waals surface area contributed by atoms with Gasteiger partial charge in [-0.2, -0.15) is 13.2 Å². The zero-order valence-corrected chi connectivity index (χ0v) is 12.6. The molecular weight excluding hydrogens is 371 g/mol. The minimum atomic E-state index is -4.68. The Hall–Kier alpha value is -1.63. The van der Waals surface area contributed by atoms with Gasteiger partial charge in [0.05, 0.1) is 5.56 Å². The highest BCUT2D eigenvalue weighted by atomic mass is 79.9. The van der Waals surface area contributed by atoms with E-state index in [1.807, 2.05) is 0 Å². The van der Waals surface area contributed by atoms with Crippen LogP contribution in [-0.2, 0) is 18.1 Å². The van der Waals surface area contributed by atoms with Crippen molar-refractivity contribution in [3.8, 4) is 5.75 Å². The third kappa shape index (κ3) is 3.97. The average Bonchev–Trinajstić information content (AvgIpc) is 2.45. The Morgan fingerprint density at radius 2 is 1.55 bits per heavy atom. The summed E-state index contributed by atoms with van der Waals surface area (Å²) in [6, 6.07) is 6.09. The van der Waals surface area contributed by atoms with Crippen LogP contribution >= 0.6 is 15.9 Å². The number of ether oxygens (including phenoxy) is 1. The second-order valence-corrected chi connectivity index (χ2v) is 5.03. The van der Waals surface area contributed by atoms with Gasteiger partial charge >= 0.3 is 6.18 Å². The Labute approximate surface area is 131 Å². The van der Waals surface area contributed by atoms with Gasteiger partial charge < -0.3 is 4.74 Å². The summed E-state index contributed by atoms with van der Waals surface area (Å²) in [6.45, 7) is -0.402. The van der Waals surface area contributed by atoms with Crippen molar-refractivity contribution in [2.75, 3.05) is 0 Å². The van der Waals surface area contributed by atoms with Gasteiger partial charge in [-0.25, -0.2) is 8.78 Å². The SMILES string of the molecule is Fc1ccc(OCc2ccc(F)cc2C(F)(F)F)c(CBr)c1. The summed E-state index contributed by atoms with van der Waals surface area (Å²) in [4.78, 5) is 0. The lowest BCUT2D eigenvalue weighted by Crippen LogP contribution is -2.11. The molecule has 0 radical (unpaired) electrons. The molecule has 0 heterocycles. The second-order valence-electron chi connectivity index (χ2n) is 4.47. The maximum absolute atomic E-state index is 13.1. The van der Waals surface area contributed by atoms with Crippen LogP contribution in [0.3, 0.4) is 0 Å². The Bertz CT molecular complexity index is 669. The number of hydrogen-bond donors (Lipinski definition) is 0. The molecule has 2 aromatic rings. The van der Waals surface area contributed by atoms with E-state index in [1.165, 1.54) is 12.1 Å². The van der Waals surface area contributed by atoms with Crippen LogP contribution in [0.1, 0.15) is 16.7 Å². The van der Waals surface area contributed by atoms with Crippen molar-refractivity contribution >= 4 is 15.9 Å². The van der Waals surface area contributed by atoms with E-state index in [2.05, 4.69) is 15.9 Å². The first-order chi connectivity index (χ1) is 10.3. The van der Waals surface area contributed by atoms with Crippen molar-refractivity contribution in [2.24, 2.45) is 0 Å². The Kier molecular flexibility index (Phi) is 5.05. The summed E-state index contributed by atoms with van der Waals surface area (Å²) < 4.78 is 70.1. The highest BCUT2D eigenvalue weighted by Crippen LogP contribution is 2.33. The second kappa shape index (κ2) is 6.64. The van der Waals surface area contributed by atoms with Gasteiger partial charge in [-0.3, -0.25) is 0 Å². The van der Waals surface area contributed by atoms with Crippen LogP contribution in [0.5, 0.6) is 5.75 Å². The van der Waals surface area contributed by atoms with Gasteiger partial charge in [0, 0.05) is 16.5 Å². The zero-order valence-electron chi connectivity index (χ0n) is 11.1. The van der Waals surface area contributed by atoms with E-state index >= 15 is 0 Å². The van der Waals surface area contributed by atoms with Gasteiger partial charge in [-0.15, -0.1) is 0 Å². The summed E-state index contributed by atoms with van der Waals surface area (Å²) in [5.74, 6) is -1.19. The predicted molar refractivity (Wildman–Crippen MR) is 74.8 cm³/mol. The van der Waals surface area contributed by atoms with E-state index in [0.717, 1.165) is 18.2 Å². The number of benzene rings is 2. The van der Waals surface area contributed by atoms with Crippen LogP contribution in [0.4, 0.5) is 22.0 Å². The van der Waals surface area contributed by atoms with E-state index in [1.54, 1.807) is 0 Å². The van der Waals surface area contributed by atoms with E-state index in [9.17, 15) is 22.0 Å². The lowest BCUT2D eigenvalue weighted by Gasteiger charge is -2.15. The van der Waals surface area contributed by atoms with Crippen molar-refractivity contribution in [3.63, 3.8) is 0 Å². The average molecular weight is 381 g/mol. The first-order valence-electron chi connectivity index (χ1n) is 6.14. The summed E-state index contributed by atoms with van der Waals surface area (Å²) in [5, 5.41) is 0.287. The molecule has 0 atom stereocenters. The molecule has 22 heavy (non-hydrogen) atoms. The summed E-state index contributed by atoms with van der Waals surface area (Å²) in [6.07, 6.45) is -4.68. The van der Waals surface area contributed by atoms with Crippen molar-refractivity contribution in [3.05, 3.63) is 64.7 Å². The predicted octanol–water partition coefficient (Wildman–Crippen LogP) is 5.46. The molecule has 1 nitrogen and oxygen atoms in total. The largest absolute Gasteiger partial charge is 0.489 e. The molecule has 0 aliphatic rings. The fourth-order valence-corrected chi connectivity index (χ4v) is 2.33. The molecule has 2 rings (SSSR count). The van der Waals surface area contributed by atoms with Crippen LogP contribution < -0.4 is 4.74 Å². The van der Waals surface area contributed by atoms with Crippen molar-refractivity contribution in [2.45, 2.75) is 18.1 Å². The number of halogens is 6. The fourth-order valence-electron chi connectivity index (χ4n) is 1.89. The van der Waals surface area contributed by atoms with Crippen molar-refractivity contribution in [1.29, 1.82) is 0 Å². The van der Waals surface area contributed by atoms with Crippen LogP contribution in [0.2, 0.25) is 0 Å². The monoisotopic (exact) mass is 380 g/mol. The molecule has 0 bridgehead atoms. The summed E-state index contributed by atoms with van der Waals surface area (Å²) >= 11 is 3.15. The molecule has 118 valence electrons. The molecule has 0 saturated carbocycles. The maximum atomic E-state index is 13.1. The van der Waals surface area contributed by atoms with Crippen LogP contribution in [0, 0.1) is 11.6 Å². The van der Waals surface area contributed by atoms with Crippen LogP contribution in [0.25, 0.3) is 0 Å². The van der Waals surface area contributed by atoms with Gasteiger partial charge in [0.1, 0.15) is 24.0 Å². The van der Waals surface area contributed by atoms with Crippen LogP contribution in [0.15, 0.2) is 36.4 Å². The topological polar surface area (TPSA) is 9.23 Å². The maximum Gasteiger partial charge on any atom is 0.416 e. The lowest BCUT2D eigenvalue weighted by molar-refractivity contribution is -0.138. The van der Waals surface area contributed by atoms with E-state index in [0.29, 0.717) is 11.6 Å². The van der Waals surface area contributed by atoms with Gasteiger partial charge in [0.2, 0.25) is 0 Å². The molecule has 0 amide bonds. The minimum Gasteiger partial charge on any atom is -0.489 e. The van der Waals surface area contributed by atoms with Gasteiger partial charge in [-0.05, 0) is 30.3 Å². The Balaban J connectivity index is 2.26. The third-order valence-corrected chi connectivity index (χ3v) is 3.53. The minimum absolute atomic E-state index is 0.196. The Morgan fingerprint density at radius 3 is 2.18 bits per heavy atom. The van der Waals surface area contributed by atoms with Gasteiger partial charge in [0.25, 0.3) is 0 Å². The first-order valence-corrected chi connectivity index (χ1v) is 7.26. The first kappa shape index (κ1) is 16.7. The molecular formula is C15H10BrF5O. The molecule has 0 aromatic heterocycles. The molecule has 7 heteroatoms. The molecule has 0 aliphatic heterocycles. The van der Waals surface area contributed by atoms with E-state index in [-0.39, 0.29) is 16.6 Å². The van der Waals surface area contributed by atoms with Gasteiger partial charge in [0.15, 0.2) is 0 Å². The quantitative estimate of drug-likeness (QED) is 0.505. The van der Waals surface area contributed by atoms with Crippen LogP contribution in [-0.4, -0.2) is 0 Å². The number of rotatable bonds is 4. The Morgan fingerprint density at radius 1 is 0.909 bits per heavy atom. The molecule has 0 aliphatic carbocycles. The normalized spacial score (nSPS) is 11.5. The third-order valence-electron chi connectivity index (χ3n) is 2.93. The molecule has 0 spiro atoms. The van der Waals surface area contributed by atoms with Crippen molar-refractivity contribution in [1.82, 2.24) is 0 Å². The summed E-state index contributed by atoms with van der Waals surface area (Å²) in [7, 11) is 0. The molecule has 0 fully saturated rings. The standard InChI is InChI=1S/C15H10BrF5O/c16-7-10-5-11(17)3-4-14(10)22-8-9-1-2-12(18)6-13(9)15(19,20)21/h1-6H,7-8H2. The molecule has 0 unspecified atom stereocenters. The van der Waals surface area contributed by atoms with E-state index < -0.39 is 30.0 Å². The lowest BCUT2D eigenvalue weighted by atomic mass is 10.1. The zero-order chi connectivity index (χ0) is 16.3.